The van der Waals surface area contributed by atoms with Gasteiger partial charge in [-0.05, 0) is 74.8 Å². The lowest BCUT2D eigenvalue weighted by Gasteiger charge is -2.27. The number of carboxylic acids is 1. The maximum Gasteiger partial charge on any atom is 0.416 e. The molecule has 0 radical (unpaired) electrons. The van der Waals surface area contributed by atoms with Crippen LogP contribution >= 0.6 is 0 Å². The maximum absolute atomic E-state index is 12.6. The Morgan fingerprint density at radius 3 is 2.21 bits per heavy atom. The molecule has 29 heavy (non-hydrogen) atoms. The van der Waals surface area contributed by atoms with Crippen LogP contribution in [0.5, 0.6) is 17.2 Å². The molecular weight excluding hydrogens is 387 g/mol. The number of carboxylic acid groups (broad SMARTS) is 1. The molecule has 2 aromatic carbocycles. The summed E-state index contributed by atoms with van der Waals surface area (Å²) in [6.07, 6.45) is -2.56. The van der Waals surface area contributed by atoms with Crippen molar-refractivity contribution in [3.63, 3.8) is 0 Å². The number of hydrogen-bond donors (Lipinski definition) is 1. The van der Waals surface area contributed by atoms with Gasteiger partial charge >= 0.3 is 12.1 Å². The van der Waals surface area contributed by atoms with E-state index in [1.54, 1.807) is 31.2 Å². The molecule has 1 saturated heterocycles. The van der Waals surface area contributed by atoms with E-state index in [4.69, 9.17) is 9.47 Å². The molecule has 0 bridgehead atoms. The Kier molecular flexibility index (Phi) is 6.32. The minimum atomic E-state index is -4.38. The molecule has 156 valence electrons. The van der Waals surface area contributed by atoms with Crippen LogP contribution in [-0.4, -0.2) is 41.2 Å². The lowest BCUT2D eigenvalue weighted by atomic mass is 10.2. The smallest absolute Gasteiger partial charge is 0.416 e. The fourth-order valence-electron chi connectivity index (χ4n) is 3.33. The van der Waals surface area contributed by atoms with E-state index < -0.39 is 23.8 Å². The number of aliphatic carboxylic acids is 1. The number of halogens is 3. The van der Waals surface area contributed by atoms with Crippen molar-refractivity contribution in [2.24, 2.45) is 0 Å². The van der Waals surface area contributed by atoms with Crippen LogP contribution in [0.3, 0.4) is 0 Å². The SMILES string of the molecule is CC(C(=O)O)N1CCC[C@@H]1COc1ccc(Oc2ccc(C(F)(F)F)cc2)cc1. The lowest BCUT2D eigenvalue weighted by molar-refractivity contribution is -0.143. The van der Waals surface area contributed by atoms with Gasteiger partial charge in [0, 0.05) is 6.04 Å². The quantitative estimate of drug-likeness (QED) is 0.711. The molecular formula is C21H22F3NO4. The van der Waals surface area contributed by atoms with Crippen molar-refractivity contribution in [1.29, 1.82) is 0 Å². The number of benzene rings is 2. The van der Waals surface area contributed by atoms with Gasteiger partial charge in [0.2, 0.25) is 0 Å². The number of hydrogen-bond acceptors (Lipinski definition) is 4. The second-order valence-electron chi connectivity index (χ2n) is 6.95. The molecule has 1 fully saturated rings. The van der Waals surface area contributed by atoms with Crippen LogP contribution in [0.4, 0.5) is 13.2 Å². The summed E-state index contributed by atoms with van der Waals surface area (Å²) in [5, 5.41) is 9.20. The highest BCUT2D eigenvalue weighted by Crippen LogP contribution is 2.31. The van der Waals surface area contributed by atoms with Gasteiger partial charge < -0.3 is 14.6 Å². The van der Waals surface area contributed by atoms with E-state index in [9.17, 15) is 23.1 Å². The Bertz CT molecular complexity index is 821. The molecule has 0 aromatic heterocycles. The normalized spacial score (nSPS) is 18.4. The van der Waals surface area contributed by atoms with Crippen LogP contribution in [0.15, 0.2) is 48.5 Å². The Morgan fingerprint density at radius 2 is 1.66 bits per heavy atom. The minimum absolute atomic E-state index is 0.0455. The molecule has 3 rings (SSSR count). The number of carbonyl (C=O) groups is 1. The van der Waals surface area contributed by atoms with Gasteiger partial charge in [0.25, 0.3) is 0 Å². The molecule has 1 N–H and O–H groups in total. The molecule has 0 amide bonds. The zero-order valence-electron chi connectivity index (χ0n) is 15.9. The van der Waals surface area contributed by atoms with Crippen molar-refractivity contribution in [2.45, 2.75) is 38.0 Å². The second-order valence-corrected chi connectivity index (χ2v) is 6.95. The fourth-order valence-corrected chi connectivity index (χ4v) is 3.33. The Balaban J connectivity index is 1.54. The van der Waals surface area contributed by atoms with E-state index in [1.807, 2.05) is 4.90 Å². The lowest BCUT2D eigenvalue weighted by Crippen LogP contribution is -2.44. The second kappa shape index (κ2) is 8.73. The first-order valence-electron chi connectivity index (χ1n) is 9.30. The van der Waals surface area contributed by atoms with E-state index in [0.29, 0.717) is 23.9 Å². The molecule has 2 atom stereocenters. The topological polar surface area (TPSA) is 59.0 Å². The molecule has 1 aliphatic heterocycles. The van der Waals surface area contributed by atoms with Crippen molar-refractivity contribution < 1.29 is 32.5 Å². The minimum Gasteiger partial charge on any atom is -0.492 e. The van der Waals surface area contributed by atoms with E-state index in [1.165, 1.54) is 12.1 Å². The summed E-state index contributed by atoms with van der Waals surface area (Å²) in [5.41, 5.74) is -0.730. The summed E-state index contributed by atoms with van der Waals surface area (Å²) in [4.78, 5) is 13.1. The van der Waals surface area contributed by atoms with Crippen LogP contribution in [0.2, 0.25) is 0 Å². The third kappa shape index (κ3) is 5.41. The largest absolute Gasteiger partial charge is 0.492 e. The number of ether oxygens (including phenoxy) is 2. The molecule has 1 aliphatic rings. The van der Waals surface area contributed by atoms with Gasteiger partial charge in [0.1, 0.15) is 29.9 Å². The molecule has 2 aromatic rings. The summed E-state index contributed by atoms with van der Waals surface area (Å²) in [6, 6.07) is 10.7. The van der Waals surface area contributed by atoms with Crippen LogP contribution in [0.25, 0.3) is 0 Å². The van der Waals surface area contributed by atoms with Gasteiger partial charge in [-0.15, -0.1) is 0 Å². The molecule has 1 unspecified atom stereocenters. The summed E-state index contributed by atoms with van der Waals surface area (Å²) >= 11 is 0. The zero-order chi connectivity index (χ0) is 21.0. The van der Waals surface area contributed by atoms with Gasteiger partial charge in [0.05, 0.1) is 5.56 Å². The summed E-state index contributed by atoms with van der Waals surface area (Å²) in [6.45, 7) is 2.80. The van der Waals surface area contributed by atoms with Gasteiger partial charge in [0.15, 0.2) is 0 Å². The van der Waals surface area contributed by atoms with Crippen molar-refractivity contribution in [3.8, 4) is 17.2 Å². The summed E-state index contributed by atoms with van der Waals surface area (Å²) < 4.78 is 49.1. The third-order valence-electron chi connectivity index (χ3n) is 4.96. The van der Waals surface area contributed by atoms with E-state index in [0.717, 1.165) is 31.5 Å². The van der Waals surface area contributed by atoms with E-state index >= 15 is 0 Å². The molecule has 0 saturated carbocycles. The Morgan fingerprint density at radius 1 is 1.10 bits per heavy atom. The standard InChI is InChI=1S/C21H22F3NO4/c1-14(20(26)27)25-12-2-3-16(25)13-28-17-8-10-19(11-9-17)29-18-6-4-15(5-7-18)21(22,23)24/h4-11,14,16H,2-3,12-13H2,1H3,(H,26,27)/t14?,16-/m1/s1. The third-order valence-corrected chi connectivity index (χ3v) is 4.96. The molecule has 0 spiro atoms. The van der Waals surface area contributed by atoms with Gasteiger partial charge in [-0.25, -0.2) is 0 Å². The van der Waals surface area contributed by atoms with E-state index in [-0.39, 0.29) is 6.04 Å². The van der Waals surface area contributed by atoms with Crippen molar-refractivity contribution in [3.05, 3.63) is 54.1 Å². The average Bonchev–Trinajstić information content (AvgIpc) is 3.15. The van der Waals surface area contributed by atoms with Crippen molar-refractivity contribution in [2.75, 3.05) is 13.2 Å². The van der Waals surface area contributed by atoms with Crippen LogP contribution in [0.1, 0.15) is 25.3 Å². The number of rotatable bonds is 7. The van der Waals surface area contributed by atoms with Crippen molar-refractivity contribution in [1.82, 2.24) is 4.90 Å². The van der Waals surface area contributed by atoms with Crippen LogP contribution in [-0.2, 0) is 11.0 Å². The first-order valence-corrected chi connectivity index (χ1v) is 9.30. The highest BCUT2D eigenvalue weighted by atomic mass is 19.4. The highest BCUT2D eigenvalue weighted by molar-refractivity contribution is 5.73. The zero-order valence-corrected chi connectivity index (χ0v) is 15.9. The Labute approximate surface area is 166 Å². The maximum atomic E-state index is 12.6. The molecule has 0 aliphatic carbocycles. The van der Waals surface area contributed by atoms with Gasteiger partial charge in [-0.3, -0.25) is 9.69 Å². The summed E-state index contributed by atoms with van der Waals surface area (Å²) in [7, 11) is 0. The highest BCUT2D eigenvalue weighted by Gasteiger charge is 2.32. The van der Waals surface area contributed by atoms with Crippen molar-refractivity contribution >= 4 is 5.97 Å². The van der Waals surface area contributed by atoms with Crippen LogP contribution < -0.4 is 9.47 Å². The van der Waals surface area contributed by atoms with E-state index in [2.05, 4.69) is 0 Å². The van der Waals surface area contributed by atoms with Crippen LogP contribution in [0, 0.1) is 0 Å². The monoisotopic (exact) mass is 409 g/mol. The summed E-state index contributed by atoms with van der Waals surface area (Å²) in [5.74, 6) is 0.538. The Hall–Kier alpha value is -2.74. The van der Waals surface area contributed by atoms with Gasteiger partial charge in [-0.1, -0.05) is 0 Å². The first kappa shape index (κ1) is 21.0. The predicted molar refractivity (Wildman–Crippen MR) is 100 cm³/mol. The first-order chi connectivity index (χ1) is 13.7. The van der Waals surface area contributed by atoms with Gasteiger partial charge in [-0.2, -0.15) is 13.2 Å². The number of alkyl halides is 3. The molecule has 5 nitrogen and oxygen atoms in total. The molecule has 8 heteroatoms. The average molecular weight is 409 g/mol. The number of nitrogens with zero attached hydrogens (tertiary/aromatic N) is 1. The fraction of sp³-hybridized carbons (Fsp3) is 0.381. The number of likely N-dealkylation sites (tertiary alicyclic amines) is 1. The molecule has 1 heterocycles. The predicted octanol–water partition coefficient (Wildman–Crippen LogP) is 4.81.